The highest BCUT2D eigenvalue weighted by Gasteiger charge is 2.15. The Labute approximate surface area is 71.9 Å². The first-order valence-corrected chi connectivity index (χ1v) is 4.07. The van der Waals surface area contributed by atoms with E-state index in [1.165, 1.54) is 17.5 Å². The van der Waals surface area contributed by atoms with E-state index in [0.29, 0.717) is 6.61 Å². The number of benzene rings is 1. The molecular weight excluding hydrogens is 150 g/mol. The summed E-state index contributed by atoms with van der Waals surface area (Å²) in [6.07, 6.45) is 1.54. The van der Waals surface area contributed by atoms with Crippen molar-refractivity contribution in [2.24, 2.45) is 4.99 Å². The van der Waals surface area contributed by atoms with Crippen LogP contribution < -0.4 is 0 Å². The zero-order valence-corrected chi connectivity index (χ0v) is 7.03. The summed E-state index contributed by atoms with van der Waals surface area (Å²) in [5, 5.41) is 0. The molecule has 0 aliphatic carbocycles. The minimum Gasteiger partial charge on any atom is -0.481 e. The summed E-state index contributed by atoms with van der Waals surface area (Å²) in [5.41, 5.74) is 2.55. The minimum atomic E-state index is 0.214. The second-order valence-corrected chi connectivity index (χ2v) is 2.96. The number of rotatable bonds is 1. The van der Waals surface area contributed by atoms with Crippen molar-refractivity contribution in [1.29, 1.82) is 0 Å². The SMILES string of the molecule is Cc1ccccc1[C@H]1COC=N1. The molecule has 0 aromatic heterocycles. The molecule has 0 saturated carbocycles. The Morgan fingerprint density at radius 2 is 2.25 bits per heavy atom. The smallest absolute Gasteiger partial charge is 0.170 e. The molecule has 1 aliphatic rings. The van der Waals surface area contributed by atoms with Crippen LogP contribution in [-0.2, 0) is 4.74 Å². The molecule has 0 bridgehead atoms. The van der Waals surface area contributed by atoms with Gasteiger partial charge < -0.3 is 4.74 Å². The third-order valence-electron chi connectivity index (χ3n) is 2.12. The maximum atomic E-state index is 5.07. The number of ether oxygens (including phenoxy) is 1. The van der Waals surface area contributed by atoms with Crippen molar-refractivity contribution in [3.05, 3.63) is 35.4 Å². The third-order valence-corrected chi connectivity index (χ3v) is 2.12. The first-order valence-electron chi connectivity index (χ1n) is 4.07. The van der Waals surface area contributed by atoms with Gasteiger partial charge in [0.15, 0.2) is 6.40 Å². The predicted octanol–water partition coefficient (Wildman–Crippen LogP) is 2.09. The van der Waals surface area contributed by atoms with Crippen LogP contribution in [0.15, 0.2) is 29.3 Å². The van der Waals surface area contributed by atoms with Gasteiger partial charge in [0.1, 0.15) is 12.6 Å². The lowest BCUT2D eigenvalue weighted by Crippen LogP contribution is -1.99. The van der Waals surface area contributed by atoms with E-state index < -0.39 is 0 Å². The molecule has 0 radical (unpaired) electrons. The predicted molar refractivity (Wildman–Crippen MR) is 48.4 cm³/mol. The van der Waals surface area contributed by atoms with Crippen molar-refractivity contribution in [1.82, 2.24) is 0 Å². The van der Waals surface area contributed by atoms with E-state index in [1.807, 2.05) is 12.1 Å². The number of nitrogens with zero attached hydrogens (tertiary/aromatic N) is 1. The minimum absolute atomic E-state index is 0.214. The van der Waals surface area contributed by atoms with Gasteiger partial charge in [0.05, 0.1) is 0 Å². The van der Waals surface area contributed by atoms with Gasteiger partial charge in [0, 0.05) is 0 Å². The molecule has 62 valence electrons. The second kappa shape index (κ2) is 2.97. The van der Waals surface area contributed by atoms with Crippen LogP contribution in [0.25, 0.3) is 0 Å². The van der Waals surface area contributed by atoms with Gasteiger partial charge in [-0.15, -0.1) is 0 Å². The Hall–Kier alpha value is -1.31. The molecule has 0 fully saturated rings. The summed E-state index contributed by atoms with van der Waals surface area (Å²) in [4.78, 5) is 4.22. The van der Waals surface area contributed by atoms with Gasteiger partial charge >= 0.3 is 0 Å². The Balaban J connectivity index is 2.33. The van der Waals surface area contributed by atoms with Crippen molar-refractivity contribution in [2.75, 3.05) is 6.61 Å². The van der Waals surface area contributed by atoms with E-state index in [0.717, 1.165) is 0 Å². The normalized spacial score (nSPS) is 20.9. The van der Waals surface area contributed by atoms with Gasteiger partial charge in [0.25, 0.3) is 0 Å². The maximum absolute atomic E-state index is 5.07. The van der Waals surface area contributed by atoms with Crippen LogP contribution >= 0.6 is 0 Å². The number of hydrogen-bond donors (Lipinski definition) is 0. The Morgan fingerprint density at radius 1 is 1.42 bits per heavy atom. The molecule has 2 rings (SSSR count). The fraction of sp³-hybridized carbons (Fsp3) is 0.300. The van der Waals surface area contributed by atoms with E-state index in [1.54, 1.807) is 0 Å². The van der Waals surface area contributed by atoms with Gasteiger partial charge in [-0.05, 0) is 18.1 Å². The number of aliphatic imine (C=N–C) groups is 1. The standard InChI is InChI=1S/C10H11NO/c1-8-4-2-3-5-9(8)10-6-12-7-11-10/h2-5,7,10H,6H2,1H3/t10-/m1/s1. The monoisotopic (exact) mass is 161 g/mol. The second-order valence-electron chi connectivity index (χ2n) is 2.96. The van der Waals surface area contributed by atoms with E-state index in [9.17, 15) is 0 Å². The van der Waals surface area contributed by atoms with Crippen LogP contribution in [0.1, 0.15) is 17.2 Å². The number of hydrogen-bond acceptors (Lipinski definition) is 2. The van der Waals surface area contributed by atoms with E-state index in [2.05, 4.69) is 24.0 Å². The lowest BCUT2D eigenvalue weighted by molar-refractivity contribution is 0.330. The topological polar surface area (TPSA) is 21.6 Å². The molecule has 2 heteroatoms. The summed E-state index contributed by atoms with van der Waals surface area (Å²) in [5.74, 6) is 0. The number of aryl methyl sites for hydroxylation is 1. The van der Waals surface area contributed by atoms with Crippen molar-refractivity contribution < 1.29 is 4.74 Å². The molecule has 2 nitrogen and oxygen atoms in total. The Morgan fingerprint density at radius 3 is 2.92 bits per heavy atom. The lowest BCUT2D eigenvalue weighted by Gasteiger charge is -2.08. The first kappa shape index (κ1) is 7.35. The molecule has 1 aromatic rings. The molecular formula is C10H11NO. The summed E-state index contributed by atoms with van der Waals surface area (Å²) >= 11 is 0. The molecule has 1 atom stereocenters. The Kier molecular flexibility index (Phi) is 1.82. The van der Waals surface area contributed by atoms with Crippen LogP contribution in [-0.4, -0.2) is 13.0 Å². The van der Waals surface area contributed by atoms with Gasteiger partial charge in [-0.2, -0.15) is 0 Å². The van der Waals surface area contributed by atoms with E-state index in [4.69, 9.17) is 4.74 Å². The van der Waals surface area contributed by atoms with Crippen LogP contribution in [0.5, 0.6) is 0 Å². The maximum Gasteiger partial charge on any atom is 0.170 e. The van der Waals surface area contributed by atoms with Gasteiger partial charge in [-0.1, -0.05) is 24.3 Å². The zero-order chi connectivity index (χ0) is 8.39. The summed E-state index contributed by atoms with van der Waals surface area (Å²) in [7, 11) is 0. The molecule has 12 heavy (non-hydrogen) atoms. The van der Waals surface area contributed by atoms with Crippen molar-refractivity contribution in [2.45, 2.75) is 13.0 Å². The summed E-state index contributed by atoms with van der Waals surface area (Å²) < 4.78 is 5.07. The van der Waals surface area contributed by atoms with E-state index >= 15 is 0 Å². The zero-order valence-electron chi connectivity index (χ0n) is 7.03. The van der Waals surface area contributed by atoms with Gasteiger partial charge in [0.2, 0.25) is 0 Å². The molecule has 0 amide bonds. The molecule has 0 unspecified atom stereocenters. The molecule has 0 N–H and O–H groups in total. The lowest BCUT2D eigenvalue weighted by atomic mass is 10.0. The highest BCUT2D eigenvalue weighted by molar-refractivity contribution is 5.50. The van der Waals surface area contributed by atoms with Crippen molar-refractivity contribution >= 4 is 6.40 Å². The van der Waals surface area contributed by atoms with Crippen LogP contribution in [0, 0.1) is 6.92 Å². The fourth-order valence-electron chi connectivity index (χ4n) is 1.42. The first-order chi connectivity index (χ1) is 5.88. The van der Waals surface area contributed by atoms with Gasteiger partial charge in [-0.3, -0.25) is 0 Å². The average molecular weight is 161 g/mol. The molecule has 1 heterocycles. The van der Waals surface area contributed by atoms with Crippen LogP contribution in [0.2, 0.25) is 0 Å². The molecule has 1 aromatic carbocycles. The van der Waals surface area contributed by atoms with E-state index in [-0.39, 0.29) is 6.04 Å². The quantitative estimate of drug-likeness (QED) is 0.618. The van der Waals surface area contributed by atoms with Crippen LogP contribution in [0.4, 0.5) is 0 Å². The fourth-order valence-corrected chi connectivity index (χ4v) is 1.42. The van der Waals surface area contributed by atoms with Crippen molar-refractivity contribution in [3.63, 3.8) is 0 Å². The largest absolute Gasteiger partial charge is 0.481 e. The van der Waals surface area contributed by atoms with Crippen LogP contribution in [0.3, 0.4) is 0 Å². The molecule has 1 aliphatic heterocycles. The van der Waals surface area contributed by atoms with Gasteiger partial charge in [-0.25, -0.2) is 4.99 Å². The highest BCUT2D eigenvalue weighted by atomic mass is 16.5. The molecule has 0 saturated heterocycles. The molecule has 0 spiro atoms. The third kappa shape index (κ3) is 1.20. The summed E-state index contributed by atoms with van der Waals surface area (Å²) in [6.45, 7) is 2.79. The van der Waals surface area contributed by atoms with Crippen molar-refractivity contribution in [3.8, 4) is 0 Å². The Bertz CT molecular complexity index is 306. The summed E-state index contributed by atoms with van der Waals surface area (Å²) in [6, 6.07) is 8.50. The average Bonchev–Trinajstić information content (AvgIpc) is 2.57. The highest BCUT2D eigenvalue weighted by Crippen LogP contribution is 2.23.